The molecule has 26 heavy (non-hydrogen) atoms. The average Bonchev–Trinajstić information content (AvgIpc) is 2.94. The van der Waals surface area contributed by atoms with Crippen molar-refractivity contribution in [1.29, 1.82) is 0 Å². The molecule has 0 spiro atoms. The molecule has 2 aromatic rings. The first-order chi connectivity index (χ1) is 12.6. The van der Waals surface area contributed by atoms with Crippen molar-refractivity contribution in [2.24, 2.45) is 0 Å². The number of rotatable bonds is 2. The van der Waals surface area contributed by atoms with E-state index in [1.54, 1.807) is 7.11 Å². The van der Waals surface area contributed by atoms with Crippen molar-refractivity contribution in [2.45, 2.75) is 51.7 Å². The molecule has 6 nitrogen and oxygen atoms in total. The number of amides is 1. The van der Waals surface area contributed by atoms with E-state index in [0.29, 0.717) is 18.7 Å². The van der Waals surface area contributed by atoms with Crippen LogP contribution in [0.25, 0.3) is 0 Å². The lowest BCUT2D eigenvalue weighted by Gasteiger charge is -2.27. The van der Waals surface area contributed by atoms with Crippen LogP contribution in [-0.2, 0) is 17.6 Å². The summed E-state index contributed by atoms with van der Waals surface area (Å²) in [4.78, 5) is 15.3. The third kappa shape index (κ3) is 2.88. The normalized spacial score (nSPS) is 22.3. The number of carbonyl (C=O) groups excluding carboxylic acids is 1. The van der Waals surface area contributed by atoms with Crippen molar-refractivity contribution in [2.75, 3.05) is 18.6 Å². The molecule has 0 radical (unpaired) electrons. The quantitative estimate of drug-likeness (QED) is 0.896. The lowest BCUT2D eigenvalue weighted by atomic mass is 9.99. The van der Waals surface area contributed by atoms with Gasteiger partial charge in [-0.15, -0.1) is 0 Å². The van der Waals surface area contributed by atoms with Crippen LogP contribution in [0.2, 0.25) is 0 Å². The molecule has 2 aliphatic heterocycles. The Morgan fingerprint density at radius 3 is 3.00 bits per heavy atom. The Hall–Kier alpha value is -2.34. The fourth-order valence-electron chi connectivity index (χ4n) is 4.05. The molecule has 1 N–H and O–H groups in total. The molecule has 2 aliphatic rings. The number of H-pyrrole nitrogens is 1. The summed E-state index contributed by atoms with van der Waals surface area (Å²) in [5.74, 6) is 0.798. The third-order valence-electron chi connectivity index (χ3n) is 5.34. The van der Waals surface area contributed by atoms with Crippen LogP contribution >= 0.6 is 0 Å². The largest absolute Gasteiger partial charge is 0.497 e. The maximum atomic E-state index is 13.4. The molecule has 0 aliphatic carbocycles. The van der Waals surface area contributed by atoms with E-state index in [4.69, 9.17) is 9.47 Å². The number of methoxy groups -OCH3 is 1. The number of carbonyl (C=O) groups is 1. The van der Waals surface area contributed by atoms with Crippen LogP contribution in [0.5, 0.6) is 5.75 Å². The van der Waals surface area contributed by atoms with E-state index in [2.05, 4.69) is 10.2 Å². The maximum absolute atomic E-state index is 13.4. The number of hydrogen-bond acceptors (Lipinski definition) is 4. The molecule has 0 saturated carbocycles. The Morgan fingerprint density at radius 2 is 2.19 bits per heavy atom. The third-order valence-corrected chi connectivity index (χ3v) is 5.34. The van der Waals surface area contributed by atoms with Crippen molar-refractivity contribution < 1.29 is 14.3 Å². The Bertz CT molecular complexity index is 830. The van der Waals surface area contributed by atoms with E-state index in [0.717, 1.165) is 47.5 Å². The standard InChI is InChI=1S/C20H25N3O3/c1-12-10-16-18(13(2)26-12)21-22-19(16)20(24)23-9-5-4-6-14-11-15(25-3)7-8-17(14)23/h7-8,11-13H,4-6,9-10H2,1-3H3,(H,21,22)/t12-,13+/m0/s1. The molecule has 0 unspecified atom stereocenters. The summed E-state index contributed by atoms with van der Waals surface area (Å²) in [7, 11) is 1.67. The first-order valence-corrected chi connectivity index (χ1v) is 9.30. The highest BCUT2D eigenvalue weighted by atomic mass is 16.5. The predicted octanol–water partition coefficient (Wildman–Crippen LogP) is 3.42. The van der Waals surface area contributed by atoms with Gasteiger partial charge in [0.25, 0.3) is 5.91 Å². The fraction of sp³-hybridized carbons (Fsp3) is 0.500. The van der Waals surface area contributed by atoms with E-state index in [9.17, 15) is 4.79 Å². The van der Waals surface area contributed by atoms with Gasteiger partial charge >= 0.3 is 0 Å². The van der Waals surface area contributed by atoms with Crippen LogP contribution < -0.4 is 9.64 Å². The number of nitrogens with zero attached hydrogens (tertiary/aromatic N) is 2. The number of fused-ring (bicyclic) bond motifs is 2. The molecule has 138 valence electrons. The van der Waals surface area contributed by atoms with Crippen molar-refractivity contribution in [3.8, 4) is 5.75 Å². The highest BCUT2D eigenvalue weighted by Gasteiger charge is 2.32. The Kier molecular flexibility index (Phi) is 4.44. The van der Waals surface area contributed by atoms with Gasteiger partial charge in [-0.2, -0.15) is 5.10 Å². The number of aromatic amines is 1. The minimum atomic E-state index is -0.0662. The molecular formula is C20H25N3O3. The van der Waals surface area contributed by atoms with Crippen molar-refractivity contribution in [3.05, 3.63) is 40.7 Å². The first kappa shape index (κ1) is 17.1. The summed E-state index contributed by atoms with van der Waals surface area (Å²) in [6.07, 6.45) is 3.72. The molecular weight excluding hydrogens is 330 g/mol. The second-order valence-electron chi connectivity index (χ2n) is 7.17. The minimum absolute atomic E-state index is 0.0304. The summed E-state index contributed by atoms with van der Waals surface area (Å²) in [6.45, 7) is 4.74. The summed E-state index contributed by atoms with van der Waals surface area (Å²) >= 11 is 0. The van der Waals surface area contributed by atoms with E-state index in [1.807, 2.05) is 36.9 Å². The number of hydrogen-bond donors (Lipinski definition) is 1. The predicted molar refractivity (Wildman–Crippen MR) is 98.9 cm³/mol. The molecule has 0 fully saturated rings. The molecule has 0 bridgehead atoms. The summed E-state index contributed by atoms with van der Waals surface area (Å²) in [5, 5.41) is 7.41. The second-order valence-corrected chi connectivity index (χ2v) is 7.17. The monoisotopic (exact) mass is 355 g/mol. The molecule has 6 heteroatoms. The molecule has 3 heterocycles. The van der Waals surface area contributed by atoms with Crippen LogP contribution in [0, 0.1) is 0 Å². The average molecular weight is 355 g/mol. The van der Waals surface area contributed by atoms with Crippen LogP contribution in [0.15, 0.2) is 18.2 Å². The number of anilines is 1. The van der Waals surface area contributed by atoms with Gasteiger partial charge in [-0.25, -0.2) is 0 Å². The first-order valence-electron chi connectivity index (χ1n) is 9.30. The van der Waals surface area contributed by atoms with Gasteiger partial charge in [0.1, 0.15) is 5.75 Å². The second kappa shape index (κ2) is 6.76. The molecule has 4 rings (SSSR count). The topological polar surface area (TPSA) is 67.5 Å². The highest BCUT2D eigenvalue weighted by Crippen LogP contribution is 2.34. The van der Waals surface area contributed by atoms with Crippen LogP contribution in [0.4, 0.5) is 5.69 Å². The van der Waals surface area contributed by atoms with Gasteiger partial charge in [-0.1, -0.05) is 0 Å². The van der Waals surface area contributed by atoms with Gasteiger partial charge in [-0.05, 0) is 56.9 Å². The molecule has 2 atom stereocenters. The van der Waals surface area contributed by atoms with E-state index < -0.39 is 0 Å². The fourth-order valence-corrected chi connectivity index (χ4v) is 4.05. The zero-order chi connectivity index (χ0) is 18.3. The van der Waals surface area contributed by atoms with E-state index in [1.165, 1.54) is 0 Å². The number of aryl methyl sites for hydroxylation is 1. The summed E-state index contributed by atoms with van der Waals surface area (Å²) < 4.78 is 11.2. The minimum Gasteiger partial charge on any atom is -0.497 e. The van der Waals surface area contributed by atoms with E-state index >= 15 is 0 Å². The smallest absolute Gasteiger partial charge is 0.279 e. The van der Waals surface area contributed by atoms with Gasteiger partial charge in [-0.3, -0.25) is 9.89 Å². The van der Waals surface area contributed by atoms with Crippen LogP contribution in [-0.4, -0.2) is 35.9 Å². The van der Waals surface area contributed by atoms with Crippen molar-refractivity contribution in [3.63, 3.8) is 0 Å². The molecule has 1 aromatic carbocycles. The number of ether oxygens (including phenoxy) is 2. The van der Waals surface area contributed by atoms with Gasteiger partial charge in [0.15, 0.2) is 5.69 Å². The van der Waals surface area contributed by atoms with Gasteiger partial charge in [0.05, 0.1) is 25.0 Å². The zero-order valence-corrected chi connectivity index (χ0v) is 15.5. The summed E-state index contributed by atoms with van der Waals surface area (Å²) in [6, 6.07) is 5.95. The lowest BCUT2D eigenvalue weighted by Crippen LogP contribution is -2.33. The maximum Gasteiger partial charge on any atom is 0.279 e. The molecule has 1 amide bonds. The van der Waals surface area contributed by atoms with Crippen molar-refractivity contribution in [1.82, 2.24) is 10.2 Å². The lowest BCUT2D eigenvalue weighted by molar-refractivity contribution is -0.00696. The highest BCUT2D eigenvalue weighted by molar-refractivity contribution is 6.06. The Labute approximate surface area is 153 Å². The Morgan fingerprint density at radius 1 is 1.35 bits per heavy atom. The van der Waals surface area contributed by atoms with Crippen LogP contribution in [0.1, 0.15) is 60.1 Å². The number of nitrogens with one attached hydrogen (secondary N) is 1. The van der Waals surface area contributed by atoms with Gasteiger partial charge < -0.3 is 14.4 Å². The van der Waals surface area contributed by atoms with Gasteiger partial charge in [0.2, 0.25) is 0 Å². The van der Waals surface area contributed by atoms with Crippen molar-refractivity contribution >= 4 is 11.6 Å². The zero-order valence-electron chi connectivity index (χ0n) is 15.5. The Balaban J connectivity index is 1.72. The van der Waals surface area contributed by atoms with E-state index in [-0.39, 0.29) is 18.1 Å². The van der Waals surface area contributed by atoms with Crippen LogP contribution in [0.3, 0.4) is 0 Å². The molecule has 1 aromatic heterocycles. The van der Waals surface area contributed by atoms with Gasteiger partial charge in [0, 0.05) is 24.2 Å². The number of aromatic nitrogens is 2. The molecule has 0 saturated heterocycles. The number of benzene rings is 1. The summed E-state index contributed by atoms with van der Waals surface area (Å²) in [5.41, 5.74) is 4.59. The SMILES string of the molecule is COc1ccc2c(c1)CCCCN2C(=O)c1n[nH]c2c1C[C@H](C)O[C@@H]2C.